The first-order valence-corrected chi connectivity index (χ1v) is 12.4. The van der Waals surface area contributed by atoms with Crippen LogP contribution in [0.4, 0.5) is 0 Å². The van der Waals surface area contributed by atoms with Crippen LogP contribution in [0.2, 0.25) is 0 Å². The Morgan fingerprint density at radius 1 is 0.906 bits per heavy atom. The average Bonchev–Trinajstić information content (AvgIpc) is 2.77. The van der Waals surface area contributed by atoms with Crippen LogP contribution in [-0.4, -0.2) is 17.3 Å². The molecule has 0 aliphatic carbocycles. The van der Waals surface area contributed by atoms with Gasteiger partial charge in [0.25, 0.3) is 0 Å². The summed E-state index contributed by atoms with van der Waals surface area (Å²) < 4.78 is 30.5. The van der Waals surface area contributed by atoms with Gasteiger partial charge in [0.1, 0.15) is 17.3 Å². The van der Waals surface area contributed by atoms with E-state index in [9.17, 15) is 4.57 Å². The number of nitrogens with zero attached hydrogens (tertiary/aromatic N) is 2. The number of hydrogen-bond donors (Lipinski definition) is 0. The molecular weight excluding hydrogens is 419 g/mol. The molecule has 0 spiro atoms. The second-order valence-electron chi connectivity index (χ2n) is 8.13. The molecule has 0 radical (unpaired) electrons. The first-order chi connectivity index (χ1) is 15.4. The molecule has 1 atom stereocenters. The maximum Gasteiger partial charge on any atom is 0.564 e. The summed E-state index contributed by atoms with van der Waals surface area (Å²) in [5, 5.41) is 0. The standard InChI is InChI=1S/C26H29N2O3P/c1-5-28-21(4)25-9-7-6-8-22(25)18-26(28)27-32(29,30-23-14-10-19(2)11-15-23)31-24-16-12-20(3)13-17-24/h6-17,21H,5,18H2,1-4H3. The van der Waals surface area contributed by atoms with Crippen LogP contribution >= 0.6 is 7.75 Å². The lowest BCUT2D eigenvalue weighted by Gasteiger charge is -2.37. The van der Waals surface area contributed by atoms with E-state index in [1.54, 1.807) is 24.3 Å². The van der Waals surface area contributed by atoms with E-state index in [1.165, 1.54) is 11.1 Å². The zero-order valence-electron chi connectivity index (χ0n) is 19.0. The minimum atomic E-state index is -3.90. The van der Waals surface area contributed by atoms with Gasteiger partial charge >= 0.3 is 7.75 Å². The molecule has 3 aromatic carbocycles. The fraction of sp³-hybridized carbons (Fsp3) is 0.269. The minimum Gasteiger partial charge on any atom is -0.399 e. The highest BCUT2D eigenvalue weighted by atomic mass is 31.2. The lowest BCUT2D eigenvalue weighted by Crippen LogP contribution is -2.39. The fourth-order valence-electron chi connectivity index (χ4n) is 3.98. The molecule has 6 heteroatoms. The van der Waals surface area contributed by atoms with Crippen LogP contribution in [0.25, 0.3) is 0 Å². The Morgan fingerprint density at radius 3 is 1.97 bits per heavy atom. The van der Waals surface area contributed by atoms with E-state index in [0.717, 1.165) is 17.7 Å². The molecule has 4 rings (SSSR count). The van der Waals surface area contributed by atoms with Crippen LogP contribution in [0.15, 0.2) is 77.6 Å². The molecule has 166 valence electrons. The van der Waals surface area contributed by atoms with Crippen LogP contribution in [0, 0.1) is 13.8 Å². The summed E-state index contributed by atoms with van der Waals surface area (Å²) in [5.41, 5.74) is 4.63. The number of benzene rings is 3. The number of rotatable bonds is 6. The van der Waals surface area contributed by atoms with Crippen LogP contribution in [0.5, 0.6) is 11.5 Å². The van der Waals surface area contributed by atoms with Crippen molar-refractivity contribution in [2.75, 3.05) is 6.54 Å². The SMILES string of the molecule is CCN1C(=NP(=O)(Oc2ccc(C)cc2)Oc2ccc(C)cc2)Cc2ccccc2C1C. The monoisotopic (exact) mass is 448 g/mol. The number of aryl methyl sites for hydroxylation is 2. The van der Waals surface area contributed by atoms with Crippen molar-refractivity contribution in [3.63, 3.8) is 0 Å². The number of amidine groups is 1. The van der Waals surface area contributed by atoms with Crippen LogP contribution in [0.1, 0.15) is 42.1 Å². The summed E-state index contributed by atoms with van der Waals surface area (Å²) in [5.74, 6) is 1.63. The van der Waals surface area contributed by atoms with Crippen molar-refractivity contribution < 1.29 is 13.6 Å². The quantitative estimate of drug-likeness (QED) is 0.385. The molecule has 0 saturated carbocycles. The van der Waals surface area contributed by atoms with Crippen molar-refractivity contribution >= 4 is 13.6 Å². The Kier molecular flexibility index (Phi) is 6.38. The summed E-state index contributed by atoms with van der Waals surface area (Å²) in [4.78, 5) is 2.16. The molecule has 0 saturated heterocycles. The Bertz CT molecular complexity index is 1100. The van der Waals surface area contributed by atoms with E-state index in [-0.39, 0.29) is 6.04 Å². The molecule has 1 aliphatic heterocycles. The average molecular weight is 449 g/mol. The van der Waals surface area contributed by atoms with Gasteiger partial charge in [0, 0.05) is 13.0 Å². The second-order valence-corrected chi connectivity index (χ2v) is 9.63. The Hall–Kier alpha value is -3.04. The molecular formula is C26H29N2O3P. The zero-order valence-corrected chi connectivity index (χ0v) is 19.9. The van der Waals surface area contributed by atoms with E-state index in [2.05, 4.69) is 41.7 Å². The first kappa shape index (κ1) is 22.2. The van der Waals surface area contributed by atoms with Gasteiger partial charge in [0.15, 0.2) is 0 Å². The zero-order chi connectivity index (χ0) is 22.7. The van der Waals surface area contributed by atoms with Gasteiger partial charge in [-0.3, -0.25) is 0 Å². The molecule has 3 aromatic rings. The predicted octanol–water partition coefficient (Wildman–Crippen LogP) is 6.91. The first-order valence-electron chi connectivity index (χ1n) is 10.9. The molecule has 0 bridgehead atoms. The molecule has 0 aromatic heterocycles. The largest absolute Gasteiger partial charge is 0.564 e. The highest BCUT2D eigenvalue weighted by Crippen LogP contribution is 2.51. The van der Waals surface area contributed by atoms with Gasteiger partial charge in [-0.2, -0.15) is 0 Å². The van der Waals surface area contributed by atoms with Crippen LogP contribution in [0.3, 0.4) is 0 Å². The van der Waals surface area contributed by atoms with Crippen molar-refractivity contribution in [3.05, 3.63) is 95.1 Å². The fourth-order valence-corrected chi connectivity index (χ4v) is 5.34. The smallest absolute Gasteiger partial charge is 0.399 e. The van der Waals surface area contributed by atoms with Crippen molar-refractivity contribution in [3.8, 4) is 11.5 Å². The van der Waals surface area contributed by atoms with E-state index in [0.29, 0.717) is 23.8 Å². The van der Waals surface area contributed by atoms with Crippen molar-refractivity contribution in [1.82, 2.24) is 4.90 Å². The van der Waals surface area contributed by atoms with E-state index in [4.69, 9.17) is 9.05 Å². The predicted molar refractivity (Wildman–Crippen MR) is 130 cm³/mol. The van der Waals surface area contributed by atoms with Gasteiger partial charge in [-0.05, 0) is 63.1 Å². The van der Waals surface area contributed by atoms with E-state index < -0.39 is 7.75 Å². The highest BCUT2D eigenvalue weighted by Gasteiger charge is 2.34. The van der Waals surface area contributed by atoms with Gasteiger partial charge in [-0.1, -0.05) is 59.7 Å². The Morgan fingerprint density at radius 2 is 1.44 bits per heavy atom. The summed E-state index contributed by atoms with van der Waals surface area (Å²) in [6, 6.07) is 23.2. The molecule has 32 heavy (non-hydrogen) atoms. The van der Waals surface area contributed by atoms with Crippen molar-refractivity contribution in [2.24, 2.45) is 4.76 Å². The Labute approximate surface area is 190 Å². The van der Waals surface area contributed by atoms with Gasteiger partial charge in [0.2, 0.25) is 0 Å². The van der Waals surface area contributed by atoms with Crippen LogP contribution in [-0.2, 0) is 11.0 Å². The molecule has 0 N–H and O–H groups in total. The molecule has 1 aliphatic rings. The molecule has 5 nitrogen and oxygen atoms in total. The van der Waals surface area contributed by atoms with Gasteiger partial charge in [-0.25, -0.2) is 4.57 Å². The maximum absolute atomic E-state index is 14.0. The normalized spacial score (nSPS) is 17.2. The second kappa shape index (κ2) is 9.22. The molecule has 1 heterocycles. The molecule has 1 unspecified atom stereocenters. The van der Waals surface area contributed by atoms with Crippen LogP contribution < -0.4 is 9.05 Å². The maximum atomic E-state index is 14.0. The van der Waals surface area contributed by atoms with Crippen molar-refractivity contribution in [1.29, 1.82) is 0 Å². The van der Waals surface area contributed by atoms with E-state index >= 15 is 0 Å². The Balaban J connectivity index is 1.74. The number of fused-ring (bicyclic) bond motifs is 1. The van der Waals surface area contributed by atoms with E-state index in [1.807, 2.05) is 44.2 Å². The summed E-state index contributed by atoms with van der Waals surface area (Å²) in [6.45, 7) is 8.94. The summed E-state index contributed by atoms with van der Waals surface area (Å²) >= 11 is 0. The highest BCUT2D eigenvalue weighted by molar-refractivity contribution is 7.53. The minimum absolute atomic E-state index is 0.121. The third kappa shape index (κ3) is 4.89. The summed E-state index contributed by atoms with van der Waals surface area (Å²) in [6.07, 6.45) is 0.576. The molecule has 0 amide bonds. The van der Waals surface area contributed by atoms with Gasteiger partial charge in [0.05, 0.1) is 6.04 Å². The molecule has 0 fully saturated rings. The number of likely N-dealkylation sites (N-methyl/N-ethyl adjacent to an activating group) is 1. The van der Waals surface area contributed by atoms with Crippen molar-refractivity contribution in [2.45, 2.75) is 40.2 Å². The lowest BCUT2D eigenvalue weighted by molar-refractivity contribution is 0.333. The third-order valence-corrected chi connectivity index (χ3v) is 7.07. The van der Waals surface area contributed by atoms with Gasteiger partial charge in [-0.15, -0.1) is 4.76 Å². The number of hydrogen-bond acceptors (Lipinski definition) is 3. The third-order valence-electron chi connectivity index (χ3n) is 5.71. The summed E-state index contributed by atoms with van der Waals surface area (Å²) in [7, 11) is -3.90. The van der Waals surface area contributed by atoms with Gasteiger partial charge < -0.3 is 13.9 Å². The topological polar surface area (TPSA) is 51.1 Å². The lowest BCUT2D eigenvalue weighted by atomic mass is 9.93.